The molecular weight excluding hydrogens is 340 g/mol. The predicted molar refractivity (Wildman–Crippen MR) is 99.7 cm³/mol. The van der Waals surface area contributed by atoms with Gasteiger partial charge in [0.05, 0.1) is 12.1 Å². The molecule has 0 aromatic heterocycles. The maximum Gasteiger partial charge on any atom is 0.342 e. The smallest absolute Gasteiger partial charge is 0.342 e. The van der Waals surface area contributed by atoms with Gasteiger partial charge in [-0.25, -0.2) is 0 Å². The maximum absolute atomic E-state index is 12.5. The minimum absolute atomic E-state index is 0.0957. The van der Waals surface area contributed by atoms with Gasteiger partial charge in [0, 0.05) is 44.6 Å². The number of nitrogens with zero attached hydrogens (tertiary/aromatic N) is 3. The highest BCUT2D eigenvalue weighted by molar-refractivity contribution is 7.88. The molecule has 0 fully saturated rings. The molecule has 0 unspecified atom stereocenters. The second-order valence-electron chi connectivity index (χ2n) is 6.34. The van der Waals surface area contributed by atoms with Crippen molar-refractivity contribution in [1.29, 1.82) is 0 Å². The molecule has 1 aromatic carbocycles. The molecular formula is C17H24N4O3S. The largest absolute Gasteiger partial charge is 0.378 e. The lowest BCUT2D eigenvalue weighted by molar-refractivity contribution is -0.129. The van der Waals surface area contributed by atoms with Gasteiger partial charge in [-0.1, -0.05) is 12.1 Å². The third-order valence-electron chi connectivity index (χ3n) is 4.05. The molecule has 0 radical (unpaired) electrons. The molecule has 136 valence electrons. The fourth-order valence-corrected chi connectivity index (χ4v) is 3.62. The van der Waals surface area contributed by atoms with Gasteiger partial charge in [0.25, 0.3) is 0 Å². The van der Waals surface area contributed by atoms with Crippen molar-refractivity contribution in [1.82, 2.24) is 9.62 Å². The molecule has 2 rings (SSSR count). The van der Waals surface area contributed by atoms with Crippen LogP contribution in [0.3, 0.4) is 0 Å². The fraction of sp³-hybridized carbons (Fsp3) is 0.412. The highest BCUT2D eigenvalue weighted by atomic mass is 32.2. The summed E-state index contributed by atoms with van der Waals surface area (Å²) in [4.78, 5) is 16.1. The van der Waals surface area contributed by atoms with E-state index in [0.29, 0.717) is 23.5 Å². The van der Waals surface area contributed by atoms with Crippen LogP contribution in [0.5, 0.6) is 0 Å². The Morgan fingerprint density at radius 3 is 2.24 bits per heavy atom. The second-order valence-corrected chi connectivity index (χ2v) is 7.68. The van der Waals surface area contributed by atoms with Crippen LogP contribution >= 0.6 is 0 Å². The Bertz CT molecular complexity index is 824. The predicted octanol–water partition coefficient (Wildman–Crippen LogP) is 1.68. The Kier molecular flexibility index (Phi) is 5.52. The van der Waals surface area contributed by atoms with Crippen molar-refractivity contribution in [3.05, 3.63) is 41.1 Å². The van der Waals surface area contributed by atoms with Gasteiger partial charge in [0.15, 0.2) is 0 Å². The molecule has 1 aromatic rings. The molecule has 0 spiro atoms. The third-order valence-corrected chi connectivity index (χ3v) is 5.13. The van der Waals surface area contributed by atoms with Crippen molar-refractivity contribution in [3.63, 3.8) is 0 Å². The molecule has 1 aliphatic heterocycles. The second kappa shape index (κ2) is 7.26. The van der Waals surface area contributed by atoms with Crippen molar-refractivity contribution in [2.24, 2.45) is 4.40 Å². The van der Waals surface area contributed by atoms with Crippen LogP contribution in [-0.4, -0.2) is 46.1 Å². The highest BCUT2D eigenvalue weighted by Crippen LogP contribution is 2.18. The summed E-state index contributed by atoms with van der Waals surface area (Å²) < 4.78 is 29.0. The quantitative estimate of drug-likeness (QED) is 0.862. The molecule has 0 atom stereocenters. The van der Waals surface area contributed by atoms with E-state index in [-0.39, 0.29) is 12.3 Å². The van der Waals surface area contributed by atoms with Crippen LogP contribution in [0.1, 0.15) is 25.8 Å². The summed E-state index contributed by atoms with van der Waals surface area (Å²) >= 11 is 0. The lowest BCUT2D eigenvalue weighted by Crippen LogP contribution is -2.32. The minimum atomic E-state index is -3.68. The Balaban J connectivity index is 2.04. The topological polar surface area (TPSA) is 82.1 Å². The van der Waals surface area contributed by atoms with E-state index in [9.17, 15) is 13.2 Å². The molecule has 8 heteroatoms. The van der Waals surface area contributed by atoms with Gasteiger partial charge >= 0.3 is 10.2 Å². The first-order chi connectivity index (χ1) is 11.6. The number of hydrogen-bond donors (Lipinski definition) is 1. The van der Waals surface area contributed by atoms with Crippen LogP contribution in [-0.2, 0) is 21.5 Å². The maximum atomic E-state index is 12.5. The number of carbonyl (C=O) groups is 1. The van der Waals surface area contributed by atoms with Crippen LogP contribution in [0.4, 0.5) is 5.69 Å². The zero-order valence-electron chi connectivity index (χ0n) is 15.2. The van der Waals surface area contributed by atoms with E-state index in [0.717, 1.165) is 11.3 Å². The monoisotopic (exact) mass is 364 g/mol. The Morgan fingerprint density at radius 2 is 1.72 bits per heavy atom. The lowest BCUT2D eigenvalue weighted by atomic mass is 10.1. The first-order valence-corrected chi connectivity index (χ1v) is 9.32. The fourth-order valence-electron chi connectivity index (χ4n) is 2.59. The van der Waals surface area contributed by atoms with Crippen molar-refractivity contribution in [2.75, 3.05) is 26.0 Å². The van der Waals surface area contributed by atoms with E-state index in [2.05, 4.69) is 9.12 Å². The molecule has 0 saturated heterocycles. The van der Waals surface area contributed by atoms with E-state index < -0.39 is 10.2 Å². The molecule has 1 heterocycles. The molecule has 0 bridgehead atoms. The average molecular weight is 364 g/mol. The van der Waals surface area contributed by atoms with Crippen LogP contribution in [0.15, 0.2) is 39.9 Å². The van der Waals surface area contributed by atoms with Gasteiger partial charge in [0.1, 0.15) is 0 Å². The number of nitrogens with one attached hydrogen (secondary N) is 1. The van der Waals surface area contributed by atoms with E-state index in [1.807, 2.05) is 43.3 Å². The zero-order chi connectivity index (χ0) is 18.8. The molecule has 1 N–H and O–H groups in total. The summed E-state index contributed by atoms with van der Waals surface area (Å²) in [5.74, 6) is -0.0957. The molecule has 7 nitrogen and oxygen atoms in total. The van der Waals surface area contributed by atoms with Crippen LogP contribution in [0.2, 0.25) is 0 Å². The van der Waals surface area contributed by atoms with Crippen molar-refractivity contribution in [3.8, 4) is 0 Å². The molecule has 0 aliphatic carbocycles. The molecule has 1 aliphatic rings. The molecule has 1 amide bonds. The number of benzene rings is 1. The number of carbonyl (C=O) groups excluding carboxylic acids is 1. The minimum Gasteiger partial charge on any atom is -0.378 e. The summed E-state index contributed by atoms with van der Waals surface area (Å²) in [5.41, 5.74) is 3.55. The van der Waals surface area contributed by atoms with Gasteiger partial charge in [0.2, 0.25) is 5.91 Å². The summed E-state index contributed by atoms with van der Waals surface area (Å²) in [6, 6.07) is 8.00. The van der Waals surface area contributed by atoms with E-state index in [1.165, 1.54) is 0 Å². The van der Waals surface area contributed by atoms with Gasteiger partial charge in [-0.3, -0.25) is 9.52 Å². The summed E-state index contributed by atoms with van der Waals surface area (Å²) in [6.07, 6.45) is 0.107. The zero-order valence-corrected chi connectivity index (χ0v) is 16.0. The highest BCUT2D eigenvalue weighted by Gasteiger charge is 2.23. The van der Waals surface area contributed by atoms with Crippen molar-refractivity contribution < 1.29 is 13.2 Å². The molecule has 25 heavy (non-hydrogen) atoms. The van der Waals surface area contributed by atoms with Crippen LogP contribution in [0.25, 0.3) is 0 Å². The average Bonchev–Trinajstić information content (AvgIpc) is 2.50. The molecule has 0 saturated carbocycles. The Morgan fingerprint density at radius 1 is 1.12 bits per heavy atom. The Labute approximate surface area is 149 Å². The van der Waals surface area contributed by atoms with E-state index in [1.54, 1.807) is 25.8 Å². The third kappa shape index (κ3) is 4.82. The normalized spacial score (nSPS) is 16.1. The summed E-state index contributed by atoms with van der Waals surface area (Å²) in [7, 11) is 2.01. The summed E-state index contributed by atoms with van der Waals surface area (Å²) in [5, 5.41) is 0. The van der Waals surface area contributed by atoms with E-state index >= 15 is 0 Å². The van der Waals surface area contributed by atoms with Crippen LogP contribution in [0, 0.1) is 0 Å². The number of hydrogen-bond acceptors (Lipinski definition) is 4. The number of rotatable bonds is 5. The standard InChI is InChI=1S/C17H24N4O3S/c1-12-16(13(2)19-25(23,24)18-12)10-17(22)21(5)11-14-6-8-15(9-7-14)20(3)4/h6-9,18H,10-11H2,1-5H3. The van der Waals surface area contributed by atoms with Gasteiger partial charge < -0.3 is 9.80 Å². The lowest BCUT2D eigenvalue weighted by Gasteiger charge is -2.22. The number of anilines is 1. The first kappa shape index (κ1) is 19.0. The first-order valence-electron chi connectivity index (χ1n) is 7.88. The SMILES string of the molecule is CC1=NS(=O)(=O)NC(C)=C1CC(=O)N(C)Cc1ccc(N(C)C)cc1. The van der Waals surface area contributed by atoms with Crippen molar-refractivity contribution in [2.45, 2.75) is 26.8 Å². The number of allylic oxidation sites excluding steroid dienone is 1. The van der Waals surface area contributed by atoms with Gasteiger partial charge in [-0.05, 0) is 31.5 Å². The number of amides is 1. The van der Waals surface area contributed by atoms with Gasteiger partial charge in [-0.2, -0.15) is 8.42 Å². The summed E-state index contributed by atoms with van der Waals surface area (Å²) in [6.45, 7) is 3.73. The van der Waals surface area contributed by atoms with E-state index in [4.69, 9.17) is 0 Å². The Hall–Kier alpha value is -2.35. The van der Waals surface area contributed by atoms with Crippen molar-refractivity contribution >= 4 is 27.5 Å². The van der Waals surface area contributed by atoms with Gasteiger partial charge in [-0.15, -0.1) is 4.40 Å². The van der Waals surface area contributed by atoms with Crippen LogP contribution < -0.4 is 9.62 Å².